The minimum Gasteiger partial charge on any atom is -0.342 e. The number of aromatic amines is 1. The summed E-state index contributed by atoms with van der Waals surface area (Å²) in [6.07, 6.45) is 0. The van der Waals surface area contributed by atoms with Crippen molar-refractivity contribution >= 4 is 32.7 Å². The number of hydrogen-bond acceptors (Lipinski definition) is 3. The van der Waals surface area contributed by atoms with Crippen LogP contribution in [0.3, 0.4) is 0 Å². The third kappa shape index (κ3) is 2.46. The lowest BCUT2D eigenvalue weighted by molar-refractivity contribution is 0.104. The molecule has 1 N–H and O–H groups in total. The van der Waals surface area contributed by atoms with Gasteiger partial charge >= 0.3 is 0 Å². The number of hydrogen-bond donors (Lipinski definition) is 1. The maximum Gasteiger partial charge on any atom is 0.195 e. The van der Waals surface area contributed by atoms with Crippen molar-refractivity contribution in [1.82, 2.24) is 9.97 Å². The number of benzene rings is 2. The van der Waals surface area contributed by atoms with E-state index in [2.05, 4.69) is 32.0 Å². The van der Waals surface area contributed by atoms with Gasteiger partial charge in [0.25, 0.3) is 0 Å². The zero-order chi connectivity index (χ0) is 15.0. The number of carbonyl (C=O) groups is 1. The second kappa shape index (κ2) is 5.15. The minimum atomic E-state index is -0.142. The Bertz CT molecular complexity index is 888. The molecule has 3 aromatic rings. The van der Waals surface area contributed by atoms with E-state index in [1.807, 2.05) is 19.1 Å². The first-order chi connectivity index (χ1) is 10.1. The van der Waals surface area contributed by atoms with Crippen LogP contribution in [0.1, 0.15) is 27.3 Å². The first kappa shape index (κ1) is 13.5. The van der Waals surface area contributed by atoms with Gasteiger partial charge in [0, 0.05) is 10.0 Å². The highest BCUT2D eigenvalue weighted by Crippen LogP contribution is 2.22. The van der Waals surface area contributed by atoms with Gasteiger partial charge in [-0.15, -0.1) is 0 Å². The fraction of sp³-hybridized carbons (Fsp3) is 0.0625. The molecule has 0 unspecified atom stereocenters. The Labute approximate surface area is 129 Å². The van der Waals surface area contributed by atoms with Crippen molar-refractivity contribution in [3.05, 3.63) is 63.4 Å². The molecule has 0 radical (unpaired) electrons. The van der Waals surface area contributed by atoms with Crippen molar-refractivity contribution in [3.63, 3.8) is 0 Å². The molecule has 1 aromatic heterocycles. The predicted octanol–water partition coefficient (Wildman–Crippen LogP) is 3.74. The molecule has 0 aliphatic carbocycles. The average Bonchev–Trinajstić information content (AvgIpc) is 2.86. The molecular weight excluding hydrogens is 330 g/mol. The van der Waals surface area contributed by atoms with E-state index < -0.39 is 0 Å². The first-order valence-electron chi connectivity index (χ1n) is 6.29. The highest BCUT2D eigenvalue weighted by Gasteiger charge is 2.16. The molecule has 0 fully saturated rings. The number of nitrogens with one attached hydrogen (secondary N) is 1. The van der Waals surface area contributed by atoms with Crippen molar-refractivity contribution in [2.45, 2.75) is 6.92 Å². The van der Waals surface area contributed by atoms with E-state index >= 15 is 0 Å². The van der Waals surface area contributed by atoms with Gasteiger partial charge in [0.05, 0.1) is 28.2 Å². The number of imidazole rings is 1. The number of halogens is 1. The Hall–Kier alpha value is -2.45. The van der Waals surface area contributed by atoms with E-state index in [0.717, 1.165) is 4.47 Å². The molecule has 0 aliphatic heterocycles. The minimum absolute atomic E-state index is 0.142. The lowest BCUT2D eigenvalue weighted by Gasteiger charge is -2.03. The van der Waals surface area contributed by atoms with E-state index in [-0.39, 0.29) is 5.78 Å². The van der Waals surface area contributed by atoms with Crippen molar-refractivity contribution in [1.29, 1.82) is 5.26 Å². The van der Waals surface area contributed by atoms with Crippen LogP contribution in [-0.4, -0.2) is 15.8 Å². The van der Waals surface area contributed by atoms with E-state index in [4.69, 9.17) is 5.26 Å². The van der Waals surface area contributed by atoms with Gasteiger partial charge in [-0.25, -0.2) is 4.98 Å². The summed E-state index contributed by atoms with van der Waals surface area (Å²) in [5.74, 6) is 0.570. The van der Waals surface area contributed by atoms with Gasteiger partial charge in [-0.2, -0.15) is 5.26 Å². The maximum absolute atomic E-state index is 12.7. The van der Waals surface area contributed by atoms with Gasteiger partial charge in [0.1, 0.15) is 5.82 Å². The van der Waals surface area contributed by atoms with E-state index in [0.29, 0.717) is 33.5 Å². The molecule has 21 heavy (non-hydrogen) atoms. The zero-order valence-electron chi connectivity index (χ0n) is 11.1. The number of nitriles is 1. The van der Waals surface area contributed by atoms with Crippen LogP contribution in [0.2, 0.25) is 0 Å². The summed E-state index contributed by atoms with van der Waals surface area (Å²) in [4.78, 5) is 20.1. The Morgan fingerprint density at radius 2 is 2.00 bits per heavy atom. The van der Waals surface area contributed by atoms with E-state index in [9.17, 15) is 4.79 Å². The summed E-state index contributed by atoms with van der Waals surface area (Å²) in [5, 5.41) is 9.12. The Morgan fingerprint density at radius 1 is 1.29 bits per heavy atom. The van der Waals surface area contributed by atoms with Gasteiger partial charge < -0.3 is 4.98 Å². The molecule has 0 aliphatic rings. The summed E-state index contributed by atoms with van der Waals surface area (Å²) in [7, 11) is 0. The molecule has 0 saturated carbocycles. The molecule has 0 amide bonds. The molecule has 4 nitrogen and oxygen atoms in total. The number of nitrogens with zero attached hydrogens (tertiary/aromatic N) is 2. The van der Waals surface area contributed by atoms with Crippen molar-refractivity contribution < 1.29 is 4.79 Å². The Morgan fingerprint density at radius 3 is 2.67 bits per heavy atom. The van der Waals surface area contributed by atoms with Gasteiger partial charge in [0.2, 0.25) is 0 Å². The van der Waals surface area contributed by atoms with Crippen LogP contribution < -0.4 is 0 Å². The van der Waals surface area contributed by atoms with Crippen molar-refractivity contribution in [2.75, 3.05) is 0 Å². The van der Waals surface area contributed by atoms with Crippen molar-refractivity contribution in [2.24, 2.45) is 0 Å². The third-order valence-electron chi connectivity index (χ3n) is 3.19. The second-order valence-electron chi connectivity index (χ2n) is 4.69. The number of aromatic nitrogens is 2. The fourth-order valence-electron chi connectivity index (χ4n) is 2.24. The third-order valence-corrected chi connectivity index (χ3v) is 3.71. The summed E-state index contributed by atoms with van der Waals surface area (Å²) >= 11 is 3.35. The zero-order valence-corrected chi connectivity index (χ0v) is 12.7. The SMILES string of the molecule is Cc1nc2c(C(=O)c3ccc(Br)cc3)cc(C#N)cc2[nH]1. The average molecular weight is 340 g/mol. The molecule has 2 aromatic carbocycles. The number of ketones is 1. The highest BCUT2D eigenvalue weighted by atomic mass is 79.9. The van der Waals surface area contributed by atoms with Gasteiger partial charge in [-0.3, -0.25) is 4.79 Å². The number of H-pyrrole nitrogens is 1. The van der Waals surface area contributed by atoms with Crippen LogP contribution in [0.15, 0.2) is 40.9 Å². The fourth-order valence-corrected chi connectivity index (χ4v) is 2.50. The molecule has 0 bridgehead atoms. The topological polar surface area (TPSA) is 69.5 Å². The number of aryl methyl sites for hydroxylation is 1. The second-order valence-corrected chi connectivity index (χ2v) is 5.61. The smallest absolute Gasteiger partial charge is 0.195 e. The molecule has 0 atom stereocenters. The number of rotatable bonds is 2. The first-order valence-corrected chi connectivity index (χ1v) is 7.08. The molecular formula is C16H10BrN3O. The quantitative estimate of drug-likeness (QED) is 0.723. The lowest BCUT2D eigenvalue weighted by Crippen LogP contribution is -2.03. The largest absolute Gasteiger partial charge is 0.342 e. The maximum atomic E-state index is 12.7. The standard InChI is InChI=1S/C16H10BrN3O/c1-9-19-14-7-10(8-18)6-13(15(14)20-9)16(21)11-2-4-12(17)5-3-11/h2-7H,1H3,(H,19,20). The van der Waals surface area contributed by atoms with Crippen molar-refractivity contribution in [3.8, 4) is 6.07 Å². The lowest BCUT2D eigenvalue weighted by atomic mass is 10.00. The number of fused-ring (bicyclic) bond motifs is 1. The van der Waals surface area contributed by atoms with Crippen LogP contribution in [0.25, 0.3) is 11.0 Å². The number of carbonyl (C=O) groups excluding carboxylic acids is 1. The van der Waals surface area contributed by atoms with Gasteiger partial charge in [-0.05, 0) is 43.3 Å². The molecule has 0 saturated heterocycles. The van der Waals surface area contributed by atoms with Crippen LogP contribution in [0, 0.1) is 18.3 Å². The normalized spacial score (nSPS) is 10.5. The molecule has 3 rings (SSSR count). The van der Waals surface area contributed by atoms with E-state index in [1.54, 1.807) is 24.3 Å². The monoisotopic (exact) mass is 339 g/mol. The van der Waals surface area contributed by atoms with Gasteiger partial charge in [0.15, 0.2) is 5.78 Å². The van der Waals surface area contributed by atoms with E-state index in [1.165, 1.54) is 0 Å². The van der Waals surface area contributed by atoms with Crippen LogP contribution in [0.4, 0.5) is 0 Å². The van der Waals surface area contributed by atoms with Crippen LogP contribution >= 0.6 is 15.9 Å². The molecule has 102 valence electrons. The van der Waals surface area contributed by atoms with Crippen LogP contribution in [0.5, 0.6) is 0 Å². The summed E-state index contributed by atoms with van der Waals surface area (Å²) in [6.45, 7) is 1.82. The van der Waals surface area contributed by atoms with Gasteiger partial charge in [-0.1, -0.05) is 15.9 Å². The summed E-state index contributed by atoms with van der Waals surface area (Å²) in [5.41, 5.74) is 2.74. The molecule has 5 heteroatoms. The summed E-state index contributed by atoms with van der Waals surface area (Å²) < 4.78 is 0.908. The Kier molecular flexibility index (Phi) is 3.32. The molecule has 0 spiro atoms. The van der Waals surface area contributed by atoms with Crippen LogP contribution in [-0.2, 0) is 0 Å². The molecule has 1 heterocycles. The summed E-state index contributed by atoms with van der Waals surface area (Å²) in [6, 6.07) is 12.5. The Balaban J connectivity index is 2.21. The predicted molar refractivity (Wildman–Crippen MR) is 83.1 cm³/mol. The highest BCUT2D eigenvalue weighted by molar-refractivity contribution is 9.10.